The highest BCUT2D eigenvalue weighted by molar-refractivity contribution is 5.83. The molecule has 0 aliphatic heterocycles. The van der Waals surface area contributed by atoms with Gasteiger partial charge in [-0.05, 0) is 59.0 Å². The lowest BCUT2D eigenvalue weighted by Gasteiger charge is -2.14. The van der Waals surface area contributed by atoms with E-state index in [9.17, 15) is 4.79 Å². The van der Waals surface area contributed by atoms with E-state index in [-0.39, 0.29) is 6.42 Å². The molecule has 4 aromatic rings. The van der Waals surface area contributed by atoms with Crippen LogP contribution >= 0.6 is 0 Å². The van der Waals surface area contributed by atoms with E-state index in [1.807, 2.05) is 49.4 Å². The highest BCUT2D eigenvalue weighted by Gasteiger charge is 2.09. The molecule has 3 aromatic carbocycles. The van der Waals surface area contributed by atoms with Crippen LogP contribution in [0.5, 0.6) is 11.5 Å². The van der Waals surface area contributed by atoms with Gasteiger partial charge in [0.15, 0.2) is 0 Å². The number of hydrogen-bond acceptors (Lipinski definition) is 4. The summed E-state index contributed by atoms with van der Waals surface area (Å²) < 4.78 is 12.0. The number of fused-ring (bicyclic) bond motifs is 1. The molecule has 1 aromatic heterocycles. The Labute approximate surface area is 193 Å². The van der Waals surface area contributed by atoms with Gasteiger partial charge in [-0.2, -0.15) is 0 Å². The molecule has 0 bridgehead atoms. The van der Waals surface area contributed by atoms with Crippen molar-refractivity contribution in [1.29, 1.82) is 0 Å². The molecule has 5 nitrogen and oxygen atoms in total. The van der Waals surface area contributed by atoms with Crippen LogP contribution in [0.1, 0.15) is 28.8 Å². The maximum atomic E-state index is 11.1. The highest BCUT2D eigenvalue weighted by Crippen LogP contribution is 2.24. The van der Waals surface area contributed by atoms with Crippen LogP contribution in [0.2, 0.25) is 0 Å². The van der Waals surface area contributed by atoms with Crippen LogP contribution in [0.3, 0.4) is 0 Å². The lowest BCUT2D eigenvalue weighted by molar-refractivity contribution is -0.136. The van der Waals surface area contributed by atoms with Gasteiger partial charge < -0.3 is 14.6 Å². The van der Waals surface area contributed by atoms with Crippen molar-refractivity contribution >= 4 is 16.7 Å². The topological polar surface area (TPSA) is 68.7 Å². The molecule has 0 aliphatic carbocycles. The molecule has 0 unspecified atom stereocenters. The molecule has 0 saturated heterocycles. The number of benzene rings is 3. The van der Waals surface area contributed by atoms with E-state index in [1.54, 1.807) is 6.20 Å². The summed E-state index contributed by atoms with van der Waals surface area (Å²) in [6.07, 6.45) is 2.95. The third kappa shape index (κ3) is 6.32. The minimum absolute atomic E-state index is 0.0614. The van der Waals surface area contributed by atoms with E-state index in [0.29, 0.717) is 31.1 Å². The molecule has 4 rings (SSSR count). The van der Waals surface area contributed by atoms with Gasteiger partial charge >= 0.3 is 5.97 Å². The van der Waals surface area contributed by atoms with Crippen LogP contribution < -0.4 is 9.47 Å². The van der Waals surface area contributed by atoms with E-state index >= 15 is 0 Å². The standard InChI is InChI=1S/C28H27NO4/c1-20-6-12-26(18-29-20)33-19-22-8-10-24(11-13-28(30)31)27(17-22)32-15-14-21-7-9-23-4-2-3-5-25(23)16-21/h2-10,12,16-18H,11,13-15,19H2,1H3,(H,30,31). The highest BCUT2D eigenvalue weighted by atomic mass is 16.5. The molecule has 168 valence electrons. The van der Waals surface area contributed by atoms with E-state index in [1.165, 1.54) is 16.3 Å². The van der Waals surface area contributed by atoms with E-state index in [4.69, 9.17) is 14.6 Å². The van der Waals surface area contributed by atoms with Gasteiger partial charge in [0.2, 0.25) is 0 Å². The molecular weight excluding hydrogens is 414 g/mol. The first-order chi connectivity index (χ1) is 16.1. The lowest BCUT2D eigenvalue weighted by Crippen LogP contribution is -2.06. The van der Waals surface area contributed by atoms with Crippen molar-refractivity contribution in [1.82, 2.24) is 4.98 Å². The average molecular weight is 442 g/mol. The summed E-state index contributed by atoms with van der Waals surface area (Å²) in [5.74, 6) is 0.589. The molecule has 5 heteroatoms. The number of aliphatic carboxylic acids is 1. The van der Waals surface area contributed by atoms with Crippen LogP contribution in [0, 0.1) is 6.92 Å². The van der Waals surface area contributed by atoms with Crippen molar-refractivity contribution in [3.8, 4) is 11.5 Å². The van der Waals surface area contributed by atoms with E-state index in [0.717, 1.165) is 23.2 Å². The second-order valence-electron chi connectivity index (χ2n) is 8.04. The Morgan fingerprint density at radius 3 is 2.48 bits per heavy atom. The van der Waals surface area contributed by atoms with E-state index in [2.05, 4.69) is 35.3 Å². The summed E-state index contributed by atoms with van der Waals surface area (Å²) in [6.45, 7) is 2.82. The van der Waals surface area contributed by atoms with E-state index < -0.39 is 5.97 Å². The second-order valence-corrected chi connectivity index (χ2v) is 8.04. The molecule has 0 amide bonds. The maximum Gasteiger partial charge on any atom is 0.303 e. The summed E-state index contributed by atoms with van der Waals surface area (Å²) in [7, 11) is 0. The van der Waals surface area contributed by atoms with Crippen LogP contribution in [-0.2, 0) is 24.2 Å². The van der Waals surface area contributed by atoms with Gasteiger partial charge in [0, 0.05) is 18.5 Å². The summed E-state index contributed by atoms with van der Waals surface area (Å²) >= 11 is 0. The molecule has 0 fully saturated rings. The first-order valence-electron chi connectivity index (χ1n) is 11.1. The molecule has 0 radical (unpaired) electrons. The maximum absolute atomic E-state index is 11.1. The van der Waals surface area contributed by atoms with Crippen molar-refractivity contribution in [2.45, 2.75) is 32.8 Å². The number of pyridine rings is 1. The molecule has 1 heterocycles. The monoisotopic (exact) mass is 441 g/mol. The van der Waals surface area contributed by atoms with Crippen molar-refractivity contribution in [3.05, 3.63) is 101 Å². The zero-order chi connectivity index (χ0) is 23.0. The van der Waals surface area contributed by atoms with Crippen molar-refractivity contribution in [2.24, 2.45) is 0 Å². The van der Waals surface area contributed by atoms with Crippen LogP contribution in [0.25, 0.3) is 10.8 Å². The fourth-order valence-corrected chi connectivity index (χ4v) is 3.65. The number of aryl methyl sites for hydroxylation is 2. The first kappa shape index (κ1) is 22.3. The Balaban J connectivity index is 1.43. The van der Waals surface area contributed by atoms with Gasteiger partial charge in [-0.1, -0.05) is 54.6 Å². The van der Waals surface area contributed by atoms with Gasteiger partial charge in [0.05, 0.1) is 12.8 Å². The average Bonchev–Trinajstić information content (AvgIpc) is 2.83. The van der Waals surface area contributed by atoms with Gasteiger partial charge in [-0.25, -0.2) is 0 Å². The normalized spacial score (nSPS) is 10.8. The fourth-order valence-electron chi connectivity index (χ4n) is 3.65. The number of carboxylic acids is 1. The Hall–Kier alpha value is -3.86. The first-order valence-corrected chi connectivity index (χ1v) is 11.1. The third-order valence-electron chi connectivity index (χ3n) is 5.49. The molecule has 0 aliphatic rings. The Bertz CT molecular complexity index is 1230. The third-order valence-corrected chi connectivity index (χ3v) is 5.49. The zero-order valence-electron chi connectivity index (χ0n) is 18.7. The minimum atomic E-state index is -0.823. The zero-order valence-corrected chi connectivity index (χ0v) is 18.7. The Morgan fingerprint density at radius 2 is 1.70 bits per heavy atom. The molecule has 0 spiro atoms. The molecule has 33 heavy (non-hydrogen) atoms. The quantitative estimate of drug-likeness (QED) is 0.339. The second kappa shape index (κ2) is 10.6. The largest absolute Gasteiger partial charge is 0.493 e. The summed E-state index contributed by atoms with van der Waals surface area (Å²) in [4.78, 5) is 15.3. The lowest BCUT2D eigenvalue weighted by atomic mass is 10.0. The number of carboxylic acid groups (broad SMARTS) is 1. The predicted molar refractivity (Wildman–Crippen MR) is 129 cm³/mol. The number of hydrogen-bond donors (Lipinski definition) is 1. The van der Waals surface area contributed by atoms with Crippen LogP contribution in [0.15, 0.2) is 79.0 Å². The van der Waals surface area contributed by atoms with Crippen LogP contribution in [0.4, 0.5) is 0 Å². The van der Waals surface area contributed by atoms with Gasteiger partial charge in [0.1, 0.15) is 18.1 Å². The van der Waals surface area contributed by atoms with Gasteiger partial charge in [0.25, 0.3) is 0 Å². The molecule has 0 saturated carbocycles. The number of carbonyl (C=O) groups is 1. The molecular formula is C28H27NO4. The van der Waals surface area contributed by atoms with Gasteiger partial charge in [-0.3, -0.25) is 9.78 Å². The number of rotatable bonds is 10. The number of nitrogens with zero attached hydrogens (tertiary/aromatic N) is 1. The Morgan fingerprint density at radius 1 is 0.879 bits per heavy atom. The van der Waals surface area contributed by atoms with Crippen molar-refractivity contribution in [3.63, 3.8) is 0 Å². The fraction of sp³-hybridized carbons (Fsp3) is 0.214. The van der Waals surface area contributed by atoms with Crippen molar-refractivity contribution in [2.75, 3.05) is 6.61 Å². The van der Waals surface area contributed by atoms with Crippen LogP contribution in [-0.4, -0.2) is 22.7 Å². The smallest absolute Gasteiger partial charge is 0.303 e. The summed E-state index contributed by atoms with van der Waals surface area (Å²) in [6, 6.07) is 24.3. The summed E-state index contributed by atoms with van der Waals surface area (Å²) in [5.41, 5.74) is 3.98. The minimum Gasteiger partial charge on any atom is -0.493 e. The van der Waals surface area contributed by atoms with Crippen molar-refractivity contribution < 1.29 is 19.4 Å². The Kier molecular flexibility index (Phi) is 7.20. The molecule has 1 N–H and O–H groups in total. The predicted octanol–water partition coefficient (Wildman–Crippen LogP) is 5.76. The van der Waals surface area contributed by atoms with Gasteiger partial charge in [-0.15, -0.1) is 0 Å². The molecule has 0 atom stereocenters. The summed E-state index contributed by atoms with van der Waals surface area (Å²) in [5, 5.41) is 11.5. The number of aromatic nitrogens is 1. The number of ether oxygens (including phenoxy) is 2. The SMILES string of the molecule is Cc1ccc(OCc2ccc(CCC(=O)O)c(OCCc3ccc4ccccc4c3)c2)cn1.